The number of benzene rings is 2. The number of pyridine rings is 1. The second kappa shape index (κ2) is 9.34. The smallest absolute Gasteiger partial charge is 0.244 e. The van der Waals surface area contributed by atoms with Crippen molar-refractivity contribution >= 4 is 11.5 Å². The highest BCUT2D eigenvalue weighted by atomic mass is 16.5. The third kappa shape index (κ3) is 5.28. The highest BCUT2D eigenvalue weighted by molar-refractivity contribution is 5.99. The fourth-order valence-electron chi connectivity index (χ4n) is 2.81. The minimum absolute atomic E-state index is 0.124. The van der Waals surface area contributed by atoms with Gasteiger partial charge in [-0.2, -0.15) is 0 Å². The average Bonchev–Trinajstić information content (AvgIpc) is 2.73. The van der Waals surface area contributed by atoms with E-state index < -0.39 is 0 Å². The lowest BCUT2D eigenvalue weighted by atomic mass is 9.99. The van der Waals surface area contributed by atoms with Gasteiger partial charge in [0.15, 0.2) is 0 Å². The van der Waals surface area contributed by atoms with Gasteiger partial charge in [-0.1, -0.05) is 48.5 Å². The number of hydrogen-bond donors (Lipinski definition) is 1. The topological polar surface area (TPSA) is 51.2 Å². The molecule has 4 nitrogen and oxygen atoms in total. The van der Waals surface area contributed by atoms with E-state index in [1.807, 2.05) is 66.7 Å². The zero-order valence-corrected chi connectivity index (χ0v) is 15.3. The molecule has 1 N–H and O–H groups in total. The summed E-state index contributed by atoms with van der Waals surface area (Å²) in [6.45, 7) is 0.553. The van der Waals surface area contributed by atoms with E-state index in [1.54, 1.807) is 25.6 Å². The van der Waals surface area contributed by atoms with Crippen LogP contribution in [-0.2, 0) is 11.2 Å². The first kappa shape index (κ1) is 18.4. The van der Waals surface area contributed by atoms with Crippen molar-refractivity contribution in [3.63, 3.8) is 0 Å². The molecular formula is C23H22N2O2. The molecule has 4 heteroatoms. The van der Waals surface area contributed by atoms with Crippen molar-refractivity contribution in [3.8, 4) is 5.75 Å². The lowest BCUT2D eigenvalue weighted by Crippen LogP contribution is -2.24. The van der Waals surface area contributed by atoms with E-state index in [0.29, 0.717) is 6.54 Å². The van der Waals surface area contributed by atoms with Gasteiger partial charge in [0, 0.05) is 30.6 Å². The van der Waals surface area contributed by atoms with Crippen molar-refractivity contribution < 1.29 is 9.53 Å². The normalized spacial score (nSPS) is 11.1. The van der Waals surface area contributed by atoms with Crippen LogP contribution in [0.15, 0.2) is 85.2 Å². The van der Waals surface area contributed by atoms with Crippen molar-refractivity contribution in [2.24, 2.45) is 0 Å². The quantitative estimate of drug-likeness (QED) is 0.652. The van der Waals surface area contributed by atoms with Crippen LogP contribution in [0.25, 0.3) is 5.57 Å². The number of nitrogens with one attached hydrogen (secondary N) is 1. The van der Waals surface area contributed by atoms with Crippen LogP contribution in [0.1, 0.15) is 16.7 Å². The standard InChI is InChI=1S/C23H22N2O2/c1-27-21-11-5-7-18(15-21)12-14-25-23(26)16-22(19-8-3-2-4-9-19)20-10-6-13-24-17-20/h2-11,13,15-17H,12,14H2,1H3,(H,25,26)/b22-16-. The van der Waals surface area contributed by atoms with Crippen LogP contribution in [-0.4, -0.2) is 24.5 Å². The molecule has 0 saturated heterocycles. The minimum atomic E-state index is -0.124. The molecule has 0 aliphatic heterocycles. The number of nitrogens with zero attached hydrogens (tertiary/aromatic N) is 1. The molecule has 1 amide bonds. The molecule has 0 saturated carbocycles. The van der Waals surface area contributed by atoms with Gasteiger partial charge in [-0.05, 0) is 41.3 Å². The van der Waals surface area contributed by atoms with E-state index in [9.17, 15) is 4.79 Å². The summed E-state index contributed by atoms with van der Waals surface area (Å²) in [6.07, 6.45) is 5.87. The molecule has 0 spiro atoms. The largest absolute Gasteiger partial charge is 0.497 e. The Hall–Kier alpha value is -3.40. The predicted octanol–water partition coefficient (Wildman–Crippen LogP) is 3.88. The van der Waals surface area contributed by atoms with Gasteiger partial charge < -0.3 is 10.1 Å². The summed E-state index contributed by atoms with van der Waals surface area (Å²) in [5, 5.41) is 2.96. The molecule has 3 rings (SSSR count). The number of rotatable bonds is 7. The fourth-order valence-corrected chi connectivity index (χ4v) is 2.81. The molecule has 0 aliphatic carbocycles. The molecule has 0 aliphatic rings. The van der Waals surface area contributed by atoms with Crippen LogP contribution in [0.2, 0.25) is 0 Å². The molecular weight excluding hydrogens is 336 g/mol. The van der Waals surface area contributed by atoms with E-state index in [1.165, 1.54) is 0 Å². The Labute approximate surface area is 159 Å². The summed E-state index contributed by atoms with van der Waals surface area (Å²) in [4.78, 5) is 16.7. The SMILES string of the molecule is COc1cccc(CCNC(=O)/C=C(/c2ccccc2)c2cccnc2)c1. The number of carbonyl (C=O) groups is 1. The molecule has 136 valence electrons. The first-order valence-corrected chi connectivity index (χ1v) is 8.84. The van der Waals surface area contributed by atoms with Gasteiger partial charge in [0.25, 0.3) is 0 Å². The number of ether oxygens (including phenoxy) is 1. The number of methoxy groups -OCH3 is 1. The van der Waals surface area contributed by atoms with Crippen molar-refractivity contribution in [1.29, 1.82) is 0 Å². The van der Waals surface area contributed by atoms with Gasteiger partial charge in [0.2, 0.25) is 5.91 Å². The average molecular weight is 358 g/mol. The molecule has 1 heterocycles. The van der Waals surface area contributed by atoms with E-state index in [-0.39, 0.29) is 5.91 Å². The summed E-state index contributed by atoms with van der Waals surface area (Å²) in [5.41, 5.74) is 3.86. The maximum absolute atomic E-state index is 12.5. The predicted molar refractivity (Wildman–Crippen MR) is 107 cm³/mol. The Morgan fingerprint density at radius 1 is 1.04 bits per heavy atom. The molecule has 0 radical (unpaired) electrons. The monoisotopic (exact) mass is 358 g/mol. The summed E-state index contributed by atoms with van der Waals surface area (Å²) < 4.78 is 5.23. The molecule has 27 heavy (non-hydrogen) atoms. The zero-order valence-electron chi connectivity index (χ0n) is 15.3. The van der Waals surface area contributed by atoms with Crippen LogP contribution in [0.4, 0.5) is 0 Å². The van der Waals surface area contributed by atoms with Gasteiger partial charge in [-0.15, -0.1) is 0 Å². The zero-order chi connectivity index (χ0) is 18.9. The van der Waals surface area contributed by atoms with E-state index >= 15 is 0 Å². The summed E-state index contributed by atoms with van der Waals surface area (Å²) >= 11 is 0. The Balaban J connectivity index is 1.70. The van der Waals surface area contributed by atoms with E-state index in [4.69, 9.17) is 4.74 Å². The number of hydrogen-bond acceptors (Lipinski definition) is 3. The van der Waals surface area contributed by atoms with Gasteiger partial charge in [0.05, 0.1) is 7.11 Å². The molecule has 0 bridgehead atoms. The first-order chi connectivity index (χ1) is 13.3. The highest BCUT2D eigenvalue weighted by Gasteiger charge is 2.08. The van der Waals surface area contributed by atoms with E-state index in [0.717, 1.165) is 34.4 Å². The Bertz CT molecular complexity index is 864. The lowest BCUT2D eigenvalue weighted by molar-refractivity contribution is -0.116. The van der Waals surface area contributed by atoms with Gasteiger partial charge in [-0.25, -0.2) is 0 Å². The molecule has 0 unspecified atom stereocenters. The Kier molecular flexibility index (Phi) is 6.36. The second-order valence-corrected chi connectivity index (χ2v) is 6.06. The summed E-state index contributed by atoms with van der Waals surface area (Å²) in [7, 11) is 1.65. The van der Waals surface area contributed by atoms with Crippen molar-refractivity contribution in [2.45, 2.75) is 6.42 Å². The van der Waals surface area contributed by atoms with E-state index in [2.05, 4.69) is 10.3 Å². The Morgan fingerprint density at radius 2 is 1.85 bits per heavy atom. The summed E-state index contributed by atoms with van der Waals surface area (Å²) in [6, 6.07) is 21.5. The number of amides is 1. The molecule has 0 fully saturated rings. The maximum atomic E-state index is 12.5. The van der Waals surface area contributed by atoms with Crippen LogP contribution in [0.5, 0.6) is 5.75 Å². The van der Waals surface area contributed by atoms with Gasteiger partial charge >= 0.3 is 0 Å². The van der Waals surface area contributed by atoms with Crippen LogP contribution >= 0.6 is 0 Å². The lowest BCUT2D eigenvalue weighted by Gasteiger charge is -2.09. The second-order valence-electron chi connectivity index (χ2n) is 6.06. The highest BCUT2D eigenvalue weighted by Crippen LogP contribution is 2.22. The minimum Gasteiger partial charge on any atom is -0.497 e. The number of aromatic nitrogens is 1. The van der Waals surface area contributed by atoms with Crippen LogP contribution < -0.4 is 10.1 Å². The first-order valence-electron chi connectivity index (χ1n) is 8.84. The van der Waals surface area contributed by atoms with Crippen molar-refractivity contribution in [3.05, 3.63) is 102 Å². The molecule has 0 atom stereocenters. The van der Waals surface area contributed by atoms with Crippen molar-refractivity contribution in [2.75, 3.05) is 13.7 Å². The van der Waals surface area contributed by atoms with Crippen LogP contribution in [0.3, 0.4) is 0 Å². The number of carbonyl (C=O) groups excluding carboxylic acids is 1. The third-order valence-corrected chi connectivity index (χ3v) is 4.18. The van der Waals surface area contributed by atoms with Gasteiger partial charge in [0.1, 0.15) is 5.75 Å². The fraction of sp³-hybridized carbons (Fsp3) is 0.130. The molecule has 2 aromatic carbocycles. The van der Waals surface area contributed by atoms with Crippen LogP contribution in [0, 0.1) is 0 Å². The Morgan fingerprint density at radius 3 is 2.59 bits per heavy atom. The molecule has 3 aromatic rings. The van der Waals surface area contributed by atoms with Gasteiger partial charge in [-0.3, -0.25) is 9.78 Å². The third-order valence-electron chi connectivity index (χ3n) is 4.18. The molecule has 1 aromatic heterocycles. The maximum Gasteiger partial charge on any atom is 0.244 e. The van der Waals surface area contributed by atoms with Crippen molar-refractivity contribution in [1.82, 2.24) is 10.3 Å². The summed E-state index contributed by atoms with van der Waals surface area (Å²) in [5.74, 6) is 0.697.